The molecule has 1 aliphatic rings. The molecule has 0 radical (unpaired) electrons. The van der Waals surface area contributed by atoms with Crippen molar-refractivity contribution in [2.75, 3.05) is 7.11 Å². The van der Waals surface area contributed by atoms with Crippen LogP contribution in [0.2, 0.25) is 0 Å². The van der Waals surface area contributed by atoms with Crippen molar-refractivity contribution in [2.45, 2.75) is 58.3 Å². The molecule has 0 aromatic rings. The number of rotatable bonds is 1. The second kappa shape index (κ2) is 4.07. The zero-order valence-corrected chi connectivity index (χ0v) is 11.3. The van der Waals surface area contributed by atoms with E-state index >= 15 is 0 Å². The molecular weight excluding hydrogens is 203 g/mol. The smallest absolute Gasteiger partial charge is 0.392 e. The molecular formula is C12H21BO3. The van der Waals surface area contributed by atoms with E-state index in [1.165, 1.54) is 0 Å². The zero-order chi connectivity index (χ0) is 12.6. The van der Waals surface area contributed by atoms with Crippen LogP contribution in [-0.4, -0.2) is 31.0 Å². The van der Waals surface area contributed by atoms with Gasteiger partial charge in [0.1, 0.15) is 5.60 Å². The van der Waals surface area contributed by atoms with Crippen molar-refractivity contribution in [3.8, 4) is 11.7 Å². The Morgan fingerprint density at radius 1 is 1.06 bits per heavy atom. The maximum Gasteiger partial charge on any atom is 0.551 e. The summed E-state index contributed by atoms with van der Waals surface area (Å²) in [6.07, 6.45) is 0. The average molecular weight is 224 g/mol. The van der Waals surface area contributed by atoms with Crippen LogP contribution >= 0.6 is 0 Å². The van der Waals surface area contributed by atoms with Gasteiger partial charge in [-0.05, 0) is 41.5 Å². The number of methoxy groups -OCH3 is 1. The van der Waals surface area contributed by atoms with Gasteiger partial charge >= 0.3 is 7.12 Å². The summed E-state index contributed by atoms with van der Waals surface area (Å²) in [5, 5.41) is 0. The molecule has 1 rings (SSSR count). The Morgan fingerprint density at radius 3 is 1.88 bits per heavy atom. The van der Waals surface area contributed by atoms with Gasteiger partial charge in [-0.15, -0.1) is 0 Å². The van der Waals surface area contributed by atoms with Crippen LogP contribution in [0.25, 0.3) is 0 Å². The molecule has 4 heteroatoms. The van der Waals surface area contributed by atoms with Gasteiger partial charge in [0.25, 0.3) is 0 Å². The van der Waals surface area contributed by atoms with E-state index in [4.69, 9.17) is 14.0 Å². The van der Waals surface area contributed by atoms with Crippen molar-refractivity contribution in [1.82, 2.24) is 0 Å². The van der Waals surface area contributed by atoms with E-state index < -0.39 is 12.7 Å². The van der Waals surface area contributed by atoms with Gasteiger partial charge < -0.3 is 14.0 Å². The minimum Gasteiger partial charge on any atom is -0.392 e. The van der Waals surface area contributed by atoms with Crippen LogP contribution in [-0.2, 0) is 14.0 Å². The largest absolute Gasteiger partial charge is 0.551 e. The summed E-state index contributed by atoms with van der Waals surface area (Å²) in [5.41, 5.74) is -1.13. The van der Waals surface area contributed by atoms with E-state index in [0.29, 0.717) is 0 Å². The molecule has 0 bridgehead atoms. The molecule has 0 aromatic carbocycles. The van der Waals surface area contributed by atoms with E-state index in [-0.39, 0.29) is 11.2 Å². The Balaban J connectivity index is 2.75. The lowest BCUT2D eigenvalue weighted by atomic mass is 9.90. The molecule has 0 aliphatic carbocycles. The van der Waals surface area contributed by atoms with Crippen LogP contribution in [0.5, 0.6) is 0 Å². The second-order valence-electron chi connectivity index (χ2n) is 5.57. The first kappa shape index (κ1) is 13.6. The lowest BCUT2D eigenvalue weighted by molar-refractivity contribution is 0.00578. The molecule has 0 atom stereocenters. The Morgan fingerprint density at radius 2 is 1.50 bits per heavy atom. The molecule has 0 aromatic heterocycles. The highest BCUT2D eigenvalue weighted by Gasteiger charge is 2.50. The van der Waals surface area contributed by atoms with Crippen molar-refractivity contribution >= 4 is 7.12 Å². The van der Waals surface area contributed by atoms with E-state index in [9.17, 15) is 0 Å². The van der Waals surface area contributed by atoms with Gasteiger partial charge in [-0.1, -0.05) is 11.7 Å². The van der Waals surface area contributed by atoms with Gasteiger partial charge in [-0.25, -0.2) is 0 Å². The van der Waals surface area contributed by atoms with Crippen LogP contribution in [0.15, 0.2) is 0 Å². The predicted octanol–water partition coefficient (Wildman–Crippen LogP) is 2.05. The summed E-state index contributed by atoms with van der Waals surface area (Å²) < 4.78 is 16.7. The highest BCUT2D eigenvalue weighted by Crippen LogP contribution is 2.36. The molecule has 0 saturated carbocycles. The van der Waals surface area contributed by atoms with Crippen LogP contribution in [0.1, 0.15) is 41.5 Å². The Bertz CT molecular complexity index is 307. The highest BCUT2D eigenvalue weighted by atomic mass is 16.7. The summed E-state index contributed by atoms with van der Waals surface area (Å²) in [6.45, 7) is 11.9. The maximum absolute atomic E-state index is 5.75. The summed E-state index contributed by atoms with van der Waals surface area (Å²) >= 11 is 0. The van der Waals surface area contributed by atoms with E-state index in [0.717, 1.165) is 0 Å². The number of hydrogen-bond acceptors (Lipinski definition) is 3. The second-order valence-corrected chi connectivity index (χ2v) is 5.57. The molecule has 0 N–H and O–H groups in total. The maximum atomic E-state index is 5.75. The van der Waals surface area contributed by atoms with Crippen LogP contribution < -0.4 is 0 Å². The molecule has 0 amide bonds. The SMILES string of the molecule is COC(C)(C)C#CB1OC(C)(C)C(C)(C)O1. The molecule has 1 fully saturated rings. The third kappa shape index (κ3) is 2.79. The minimum absolute atomic E-state index is 0.330. The highest BCUT2D eigenvalue weighted by molar-refractivity contribution is 6.55. The molecule has 0 spiro atoms. The van der Waals surface area contributed by atoms with E-state index in [2.05, 4.69) is 11.7 Å². The topological polar surface area (TPSA) is 27.7 Å². The summed E-state index contributed by atoms with van der Waals surface area (Å²) in [5.74, 6) is 5.97. The van der Waals surface area contributed by atoms with Crippen LogP contribution in [0, 0.1) is 11.7 Å². The number of ether oxygens (including phenoxy) is 1. The summed E-state index contributed by atoms with van der Waals surface area (Å²) in [7, 11) is 1.17. The fourth-order valence-corrected chi connectivity index (χ4v) is 1.19. The normalized spacial score (nSPS) is 22.8. The van der Waals surface area contributed by atoms with Crippen molar-refractivity contribution in [3.63, 3.8) is 0 Å². The van der Waals surface area contributed by atoms with Gasteiger partial charge in [0.05, 0.1) is 11.2 Å². The summed E-state index contributed by atoms with van der Waals surface area (Å²) in [4.78, 5) is 0. The van der Waals surface area contributed by atoms with Crippen molar-refractivity contribution in [1.29, 1.82) is 0 Å². The number of hydrogen-bond donors (Lipinski definition) is 0. The van der Waals surface area contributed by atoms with Gasteiger partial charge in [0.15, 0.2) is 0 Å². The van der Waals surface area contributed by atoms with Gasteiger partial charge in [-0.2, -0.15) is 0 Å². The lowest BCUT2D eigenvalue weighted by Crippen LogP contribution is -2.41. The molecule has 1 aliphatic heterocycles. The lowest BCUT2D eigenvalue weighted by Gasteiger charge is -2.32. The van der Waals surface area contributed by atoms with Gasteiger partial charge in [0.2, 0.25) is 0 Å². The molecule has 1 heterocycles. The van der Waals surface area contributed by atoms with Gasteiger partial charge in [-0.3, -0.25) is 0 Å². The van der Waals surface area contributed by atoms with Crippen LogP contribution in [0.3, 0.4) is 0 Å². The first-order valence-electron chi connectivity index (χ1n) is 5.53. The minimum atomic E-state index is -0.473. The zero-order valence-electron chi connectivity index (χ0n) is 11.3. The van der Waals surface area contributed by atoms with Gasteiger partial charge in [0, 0.05) is 7.11 Å². The molecule has 3 nitrogen and oxygen atoms in total. The summed E-state index contributed by atoms with van der Waals surface area (Å²) in [6, 6.07) is 0. The monoisotopic (exact) mass is 224 g/mol. The van der Waals surface area contributed by atoms with Crippen LogP contribution in [0.4, 0.5) is 0 Å². The van der Waals surface area contributed by atoms with Crippen molar-refractivity contribution < 1.29 is 14.0 Å². The quantitative estimate of drug-likeness (QED) is 0.504. The van der Waals surface area contributed by atoms with E-state index in [1.54, 1.807) is 7.11 Å². The first-order chi connectivity index (χ1) is 7.10. The third-order valence-electron chi connectivity index (χ3n) is 3.25. The Hall–Kier alpha value is -0.495. The molecule has 0 unspecified atom stereocenters. The first-order valence-corrected chi connectivity index (χ1v) is 5.53. The van der Waals surface area contributed by atoms with Crippen molar-refractivity contribution in [3.05, 3.63) is 0 Å². The fraction of sp³-hybridized carbons (Fsp3) is 0.833. The van der Waals surface area contributed by atoms with Crippen molar-refractivity contribution in [2.24, 2.45) is 0 Å². The standard InChI is InChI=1S/C12H21BO3/c1-10(2,14-7)8-9-13-15-11(3,4)12(5,6)16-13/h1-7H3. The fourth-order valence-electron chi connectivity index (χ4n) is 1.19. The third-order valence-corrected chi connectivity index (χ3v) is 3.25. The molecule has 90 valence electrons. The van der Waals surface area contributed by atoms with E-state index in [1.807, 2.05) is 41.5 Å². The molecule has 1 saturated heterocycles. The average Bonchev–Trinajstić information content (AvgIpc) is 2.33. The Kier molecular flexibility index (Phi) is 3.45. The predicted molar refractivity (Wildman–Crippen MR) is 64.9 cm³/mol. The molecule has 16 heavy (non-hydrogen) atoms. The Labute approximate surface area is 99.0 Å².